The summed E-state index contributed by atoms with van der Waals surface area (Å²) in [6, 6.07) is -0.690. The molecule has 0 radical (unpaired) electrons. The van der Waals surface area contributed by atoms with Crippen LogP contribution in [0.2, 0.25) is 0 Å². The van der Waals surface area contributed by atoms with Gasteiger partial charge in [-0.15, -0.1) is 11.8 Å². The molecule has 1 fully saturated rings. The minimum absolute atomic E-state index is 0.0645. The van der Waals surface area contributed by atoms with Crippen molar-refractivity contribution in [2.75, 3.05) is 12.3 Å². The molecule has 0 bridgehead atoms. The first kappa shape index (κ1) is 14.3. The molecule has 1 aliphatic heterocycles. The summed E-state index contributed by atoms with van der Waals surface area (Å²) in [5.74, 6) is -0.603. The van der Waals surface area contributed by atoms with E-state index in [0.717, 1.165) is 0 Å². The van der Waals surface area contributed by atoms with Crippen molar-refractivity contribution in [1.29, 1.82) is 0 Å². The van der Waals surface area contributed by atoms with Crippen molar-refractivity contribution in [3.05, 3.63) is 0 Å². The predicted octanol–water partition coefficient (Wildman–Crippen LogP) is 0.749. The van der Waals surface area contributed by atoms with Gasteiger partial charge < -0.3 is 15.3 Å². The van der Waals surface area contributed by atoms with Gasteiger partial charge >= 0.3 is 5.97 Å². The van der Waals surface area contributed by atoms with Crippen LogP contribution in [0.3, 0.4) is 0 Å². The van der Waals surface area contributed by atoms with Crippen LogP contribution < -0.4 is 5.32 Å². The van der Waals surface area contributed by atoms with Crippen molar-refractivity contribution in [3.63, 3.8) is 0 Å². The van der Waals surface area contributed by atoms with E-state index in [1.54, 1.807) is 0 Å². The minimum Gasteiger partial charge on any atom is -0.480 e. The number of amides is 1. The van der Waals surface area contributed by atoms with Crippen molar-refractivity contribution < 1.29 is 14.7 Å². The van der Waals surface area contributed by atoms with Crippen LogP contribution in [0, 0.1) is 0 Å². The van der Waals surface area contributed by atoms with E-state index in [1.165, 1.54) is 16.7 Å². The third-order valence-electron chi connectivity index (χ3n) is 2.57. The smallest absolute Gasteiger partial charge is 0.327 e. The van der Waals surface area contributed by atoms with Crippen LogP contribution in [-0.2, 0) is 9.59 Å². The zero-order valence-corrected chi connectivity index (χ0v) is 11.5. The van der Waals surface area contributed by atoms with Gasteiger partial charge in [-0.3, -0.25) is 4.79 Å². The number of thioether (sulfide) groups is 1. The molecule has 1 heterocycles. The van der Waals surface area contributed by atoms with E-state index in [9.17, 15) is 9.59 Å². The van der Waals surface area contributed by atoms with Crippen LogP contribution in [0.5, 0.6) is 0 Å². The summed E-state index contributed by atoms with van der Waals surface area (Å²) in [6.07, 6.45) is 0. The molecule has 0 saturated carbocycles. The summed E-state index contributed by atoms with van der Waals surface area (Å²) in [5.41, 5.74) is -0.148. The van der Waals surface area contributed by atoms with Gasteiger partial charge in [-0.05, 0) is 27.7 Å². The topological polar surface area (TPSA) is 69.6 Å². The summed E-state index contributed by atoms with van der Waals surface area (Å²) in [4.78, 5) is 24.5. The minimum atomic E-state index is -0.925. The summed E-state index contributed by atoms with van der Waals surface area (Å²) in [6.45, 7) is 7.95. The monoisotopic (exact) mass is 260 g/mol. The molecular weight excluding hydrogens is 240 g/mol. The maximum absolute atomic E-state index is 12.0. The van der Waals surface area contributed by atoms with Crippen molar-refractivity contribution in [2.45, 2.75) is 44.6 Å². The lowest BCUT2D eigenvalue weighted by Crippen LogP contribution is -2.50. The second kappa shape index (κ2) is 5.27. The van der Waals surface area contributed by atoms with Crippen LogP contribution in [0.15, 0.2) is 0 Å². The molecule has 5 nitrogen and oxygen atoms in total. The Bertz CT molecular complexity index is 314. The molecule has 17 heavy (non-hydrogen) atoms. The summed E-state index contributed by atoms with van der Waals surface area (Å²) in [5, 5.41) is 12.1. The number of carbonyl (C=O) groups is 2. The fraction of sp³-hybridized carbons (Fsp3) is 0.818. The molecule has 1 saturated heterocycles. The molecule has 1 amide bonds. The zero-order valence-electron chi connectivity index (χ0n) is 10.7. The Morgan fingerprint density at radius 3 is 2.53 bits per heavy atom. The van der Waals surface area contributed by atoms with Crippen molar-refractivity contribution in [3.8, 4) is 0 Å². The Labute approximate surface area is 106 Å². The van der Waals surface area contributed by atoms with Gasteiger partial charge in [-0.1, -0.05) is 0 Å². The third-order valence-corrected chi connectivity index (χ3v) is 3.78. The quantitative estimate of drug-likeness (QED) is 0.783. The summed E-state index contributed by atoms with van der Waals surface area (Å²) < 4.78 is 0. The molecular formula is C11H20N2O3S. The highest BCUT2D eigenvalue weighted by atomic mass is 32.2. The molecule has 1 aliphatic rings. The Kier molecular flexibility index (Phi) is 4.43. The second-order valence-electron chi connectivity index (χ2n) is 5.19. The molecule has 1 rings (SSSR count). The highest BCUT2D eigenvalue weighted by Crippen LogP contribution is 2.28. The van der Waals surface area contributed by atoms with E-state index < -0.39 is 12.0 Å². The standard InChI is InChI=1S/C11H20N2O3S/c1-7-13(8(6-17-7)10(15)16)9(14)5-12-11(2,3)4/h7-8,12H,5-6H2,1-4H3,(H,15,16). The lowest BCUT2D eigenvalue weighted by Gasteiger charge is -2.27. The Hall–Kier alpha value is -0.750. The molecule has 0 aromatic heterocycles. The number of nitrogens with zero attached hydrogens (tertiary/aromatic N) is 1. The molecule has 2 atom stereocenters. The molecule has 2 N–H and O–H groups in total. The number of carbonyl (C=O) groups excluding carboxylic acids is 1. The maximum Gasteiger partial charge on any atom is 0.327 e. The van der Waals surface area contributed by atoms with Crippen LogP contribution in [0.1, 0.15) is 27.7 Å². The highest BCUT2D eigenvalue weighted by molar-refractivity contribution is 8.00. The van der Waals surface area contributed by atoms with Gasteiger partial charge in [0.05, 0.1) is 11.9 Å². The Balaban J connectivity index is 2.63. The Morgan fingerprint density at radius 1 is 1.47 bits per heavy atom. The fourth-order valence-corrected chi connectivity index (χ4v) is 2.83. The predicted molar refractivity (Wildman–Crippen MR) is 67.9 cm³/mol. The van der Waals surface area contributed by atoms with Crippen molar-refractivity contribution in [2.24, 2.45) is 0 Å². The van der Waals surface area contributed by atoms with E-state index in [1.807, 2.05) is 27.7 Å². The first-order chi connectivity index (χ1) is 7.72. The Morgan fingerprint density at radius 2 is 2.06 bits per heavy atom. The van der Waals surface area contributed by atoms with Crippen LogP contribution in [-0.4, -0.2) is 51.1 Å². The van der Waals surface area contributed by atoms with E-state index in [-0.39, 0.29) is 23.4 Å². The lowest BCUT2D eigenvalue weighted by atomic mass is 10.1. The SMILES string of the molecule is CC1SCC(C(=O)O)N1C(=O)CNC(C)(C)C. The molecule has 98 valence electrons. The molecule has 6 heteroatoms. The van der Waals surface area contributed by atoms with Gasteiger partial charge in [0.2, 0.25) is 5.91 Å². The van der Waals surface area contributed by atoms with Gasteiger partial charge in [0, 0.05) is 11.3 Å². The average Bonchev–Trinajstić information content (AvgIpc) is 2.55. The van der Waals surface area contributed by atoms with Gasteiger partial charge in [-0.2, -0.15) is 0 Å². The first-order valence-corrected chi connectivity index (χ1v) is 6.68. The van der Waals surface area contributed by atoms with Gasteiger partial charge in [0.25, 0.3) is 0 Å². The molecule has 0 aliphatic carbocycles. The normalized spacial score (nSPS) is 25.1. The van der Waals surface area contributed by atoms with Gasteiger partial charge in [0.15, 0.2) is 0 Å². The summed E-state index contributed by atoms with van der Waals surface area (Å²) in [7, 11) is 0. The number of carboxylic acids is 1. The second-order valence-corrected chi connectivity index (χ2v) is 6.54. The third kappa shape index (κ3) is 3.89. The molecule has 0 aromatic rings. The van der Waals surface area contributed by atoms with Gasteiger partial charge in [-0.25, -0.2) is 4.79 Å². The fourth-order valence-electron chi connectivity index (χ4n) is 1.64. The number of nitrogens with one attached hydrogen (secondary N) is 1. The number of aliphatic carboxylic acids is 1. The number of rotatable bonds is 3. The largest absolute Gasteiger partial charge is 0.480 e. The van der Waals surface area contributed by atoms with Crippen LogP contribution >= 0.6 is 11.8 Å². The average molecular weight is 260 g/mol. The highest BCUT2D eigenvalue weighted by Gasteiger charge is 2.39. The van der Waals surface area contributed by atoms with E-state index in [4.69, 9.17) is 5.11 Å². The van der Waals surface area contributed by atoms with Crippen molar-refractivity contribution in [1.82, 2.24) is 10.2 Å². The van der Waals surface area contributed by atoms with Crippen LogP contribution in [0.4, 0.5) is 0 Å². The molecule has 0 aromatic carbocycles. The molecule has 2 unspecified atom stereocenters. The number of carboxylic acid groups (broad SMARTS) is 1. The van der Waals surface area contributed by atoms with E-state index in [2.05, 4.69) is 5.32 Å². The van der Waals surface area contributed by atoms with Gasteiger partial charge in [0.1, 0.15) is 6.04 Å². The summed E-state index contributed by atoms with van der Waals surface area (Å²) >= 11 is 1.50. The van der Waals surface area contributed by atoms with Crippen LogP contribution in [0.25, 0.3) is 0 Å². The van der Waals surface area contributed by atoms with E-state index in [0.29, 0.717) is 5.75 Å². The molecule has 0 spiro atoms. The van der Waals surface area contributed by atoms with E-state index >= 15 is 0 Å². The zero-order chi connectivity index (χ0) is 13.2. The maximum atomic E-state index is 12.0. The number of hydrogen-bond donors (Lipinski definition) is 2. The first-order valence-electron chi connectivity index (χ1n) is 5.63. The number of hydrogen-bond acceptors (Lipinski definition) is 4. The lowest BCUT2D eigenvalue weighted by molar-refractivity contribution is -0.148. The van der Waals surface area contributed by atoms with Crippen molar-refractivity contribution >= 4 is 23.6 Å².